The Labute approximate surface area is 123 Å². The molecule has 1 N–H and O–H groups in total. The van der Waals surface area contributed by atoms with Gasteiger partial charge in [0.2, 0.25) is 5.91 Å². The summed E-state index contributed by atoms with van der Waals surface area (Å²) in [6.07, 6.45) is 0. The van der Waals surface area contributed by atoms with Gasteiger partial charge in [0.1, 0.15) is 10.1 Å². The van der Waals surface area contributed by atoms with Gasteiger partial charge in [-0.3, -0.25) is 9.59 Å². The number of amides is 1. The third-order valence-electron chi connectivity index (χ3n) is 3.15. The first-order valence-electron chi connectivity index (χ1n) is 6.11. The standard InChI is InChI=1S/C13H17NO6S/c1-8(9(2)13(16)20-3)12(15)14-10-4-6-11(7-5-10)21(17,18)19/h4-9H,1-3H3,(H,14,15)(H,17,18,19)/p-1. The fourth-order valence-corrected chi connectivity index (χ4v) is 2.05. The van der Waals surface area contributed by atoms with Crippen molar-refractivity contribution in [1.82, 2.24) is 0 Å². The van der Waals surface area contributed by atoms with Gasteiger partial charge in [-0.25, -0.2) is 8.42 Å². The van der Waals surface area contributed by atoms with Crippen molar-refractivity contribution in [2.75, 3.05) is 12.4 Å². The molecule has 1 aromatic carbocycles. The summed E-state index contributed by atoms with van der Waals surface area (Å²) in [6, 6.07) is 4.81. The van der Waals surface area contributed by atoms with Crippen molar-refractivity contribution >= 4 is 27.7 Å². The molecule has 0 bridgehead atoms. The topological polar surface area (TPSA) is 113 Å². The second kappa shape index (κ2) is 6.68. The number of carbonyl (C=O) groups is 2. The van der Waals surface area contributed by atoms with Crippen LogP contribution in [0.15, 0.2) is 29.2 Å². The minimum Gasteiger partial charge on any atom is -0.744 e. The average Bonchev–Trinajstić information content (AvgIpc) is 2.44. The van der Waals surface area contributed by atoms with E-state index in [0.29, 0.717) is 5.69 Å². The summed E-state index contributed by atoms with van der Waals surface area (Å²) in [5, 5.41) is 2.54. The molecule has 0 spiro atoms. The van der Waals surface area contributed by atoms with Gasteiger partial charge < -0.3 is 14.6 Å². The highest BCUT2D eigenvalue weighted by atomic mass is 32.2. The van der Waals surface area contributed by atoms with Crippen molar-refractivity contribution < 1.29 is 27.3 Å². The summed E-state index contributed by atoms with van der Waals surface area (Å²) in [6.45, 7) is 3.15. The number of rotatable bonds is 5. The molecule has 0 saturated carbocycles. The Morgan fingerprint density at radius 2 is 1.67 bits per heavy atom. The Bertz CT molecular complexity index is 623. The van der Waals surface area contributed by atoms with E-state index < -0.39 is 33.8 Å². The Hall–Kier alpha value is -1.93. The van der Waals surface area contributed by atoms with Gasteiger partial charge in [-0.1, -0.05) is 13.8 Å². The van der Waals surface area contributed by atoms with Gasteiger partial charge in [0.05, 0.1) is 17.9 Å². The van der Waals surface area contributed by atoms with Gasteiger partial charge in [0.15, 0.2) is 0 Å². The van der Waals surface area contributed by atoms with E-state index in [1.807, 2.05) is 0 Å². The highest BCUT2D eigenvalue weighted by molar-refractivity contribution is 7.85. The second-order valence-electron chi connectivity index (χ2n) is 4.57. The van der Waals surface area contributed by atoms with Crippen LogP contribution in [0.5, 0.6) is 0 Å². The summed E-state index contributed by atoms with van der Waals surface area (Å²) in [5.41, 5.74) is 0.330. The van der Waals surface area contributed by atoms with Crippen LogP contribution in [-0.2, 0) is 24.4 Å². The van der Waals surface area contributed by atoms with Crippen LogP contribution in [0.1, 0.15) is 13.8 Å². The molecule has 2 unspecified atom stereocenters. The number of hydrogen-bond donors (Lipinski definition) is 1. The van der Waals surface area contributed by atoms with Gasteiger partial charge in [-0.05, 0) is 24.3 Å². The van der Waals surface area contributed by atoms with Crippen LogP contribution >= 0.6 is 0 Å². The average molecular weight is 314 g/mol. The van der Waals surface area contributed by atoms with Crippen molar-refractivity contribution in [3.63, 3.8) is 0 Å². The number of carbonyl (C=O) groups excluding carboxylic acids is 2. The highest BCUT2D eigenvalue weighted by Gasteiger charge is 2.26. The zero-order valence-corrected chi connectivity index (χ0v) is 12.6. The van der Waals surface area contributed by atoms with E-state index in [9.17, 15) is 22.6 Å². The van der Waals surface area contributed by atoms with E-state index in [1.54, 1.807) is 13.8 Å². The summed E-state index contributed by atoms with van der Waals surface area (Å²) in [4.78, 5) is 22.9. The third-order valence-corrected chi connectivity index (χ3v) is 4.00. The molecule has 0 radical (unpaired) electrons. The molecule has 0 fully saturated rings. The molecule has 1 rings (SSSR count). The lowest BCUT2D eigenvalue weighted by atomic mass is 9.95. The number of hydrogen-bond acceptors (Lipinski definition) is 6. The number of esters is 1. The lowest BCUT2D eigenvalue weighted by Gasteiger charge is -2.17. The first-order valence-corrected chi connectivity index (χ1v) is 7.52. The van der Waals surface area contributed by atoms with Crippen LogP contribution in [0.2, 0.25) is 0 Å². The van der Waals surface area contributed by atoms with E-state index in [4.69, 9.17) is 0 Å². The van der Waals surface area contributed by atoms with E-state index in [0.717, 1.165) is 12.1 Å². The van der Waals surface area contributed by atoms with E-state index in [2.05, 4.69) is 10.1 Å². The minimum atomic E-state index is -4.52. The Kier molecular flexibility index (Phi) is 5.45. The Morgan fingerprint density at radius 3 is 2.10 bits per heavy atom. The van der Waals surface area contributed by atoms with Crippen molar-refractivity contribution in [1.29, 1.82) is 0 Å². The van der Waals surface area contributed by atoms with Gasteiger partial charge in [0.25, 0.3) is 0 Å². The fourth-order valence-electron chi connectivity index (χ4n) is 1.58. The maximum absolute atomic E-state index is 12.0. The molecular formula is C13H16NO6S-. The molecule has 0 aliphatic heterocycles. The highest BCUT2D eigenvalue weighted by Crippen LogP contribution is 2.18. The summed E-state index contributed by atoms with van der Waals surface area (Å²) >= 11 is 0. The van der Waals surface area contributed by atoms with Gasteiger partial charge >= 0.3 is 5.97 Å². The summed E-state index contributed by atoms with van der Waals surface area (Å²) in [5.74, 6) is -2.15. The van der Waals surface area contributed by atoms with Gasteiger partial charge in [-0.2, -0.15) is 0 Å². The van der Waals surface area contributed by atoms with E-state index in [-0.39, 0.29) is 4.90 Å². The van der Waals surface area contributed by atoms with Crippen molar-refractivity contribution in [3.05, 3.63) is 24.3 Å². The van der Waals surface area contributed by atoms with Gasteiger partial charge in [0, 0.05) is 11.6 Å². The molecule has 8 heteroatoms. The first kappa shape index (κ1) is 17.1. The van der Waals surface area contributed by atoms with Gasteiger partial charge in [-0.15, -0.1) is 0 Å². The van der Waals surface area contributed by atoms with Crippen molar-refractivity contribution in [2.45, 2.75) is 18.7 Å². The molecule has 7 nitrogen and oxygen atoms in total. The molecule has 0 aliphatic carbocycles. The third kappa shape index (κ3) is 4.54. The summed E-state index contributed by atoms with van der Waals surface area (Å²) in [7, 11) is -3.27. The molecule has 0 aromatic heterocycles. The lowest BCUT2D eigenvalue weighted by Crippen LogP contribution is -2.30. The predicted molar refractivity (Wildman–Crippen MR) is 73.4 cm³/mol. The number of nitrogens with one attached hydrogen (secondary N) is 1. The Morgan fingerprint density at radius 1 is 1.14 bits per heavy atom. The maximum Gasteiger partial charge on any atom is 0.309 e. The molecule has 0 aliphatic rings. The molecule has 1 amide bonds. The van der Waals surface area contributed by atoms with Crippen molar-refractivity contribution in [3.8, 4) is 0 Å². The van der Waals surface area contributed by atoms with E-state index in [1.165, 1.54) is 19.2 Å². The van der Waals surface area contributed by atoms with E-state index >= 15 is 0 Å². The number of methoxy groups -OCH3 is 1. The molecular weight excluding hydrogens is 298 g/mol. The maximum atomic E-state index is 12.0. The predicted octanol–water partition coefficient (Wildman–Crippen LogP) is 0.974. The molecule has 116 valence electrons. The minimum absolute atomic E-state index is 0.330. The second-order valence-corrected chi connectivity index (χ2v) is 5.95. The molecule has 21 heavy (non-hydrogen) atoms. The monoisotopic (exact) mass is 314 g/mol. The van der Waals surface area contributed by atoms with Crippen LogP contribution in [0.25, 0.3) is 0 Å². The molecule has 1 aromatic rings. The Balaban J connectivity index is 2.77. The van der Waals surface area contributed by atoms with Crippen LogP contribution in [0, 0.1) is 11.8 Å². The zero-order chi connectivity index (χ0) is 16.2. The first-order chi connectivity index (χ1) is 9.66. The quantitative estimate of drug-likeness (QED) is 0.640. The number of ether oxygens (including phenoxy) is 1. The normalized spacial score (nSPS) is 14.1. The van der Waals surface area contributed by atoms with Crippen LogP contribution in [-0.4, -0.2) is 32.0 Å². The largest absolute Gasteiger partial charge is 0.744 e. The number of benzene rings is 1. The van der Waals surface area contributed by atoms with Crippen LogP contribution in [0.4, 0.5) is 5.69 Å². The fraction of sp³-hybridized carbons (Fsp3) is 0.385. The summed E-state index contributed by atoms with van der Waals surface area (Å²) < 4.78 is 36.9. The zero-order valence-electron chi connectivity index (χ0n) is 11.8. The van der Waals surface area contributed by atoms with Crippen LogP contribution < -0.4 is 5.32 Å². The lowest BCUT2D eigenvalue weighted by molar-refractivity contribution is -0.148. The molecule has 0 heterocycles. The molecule has 0 saturated heterocycles. The SMILES string of the molecule is COC(=O)C(C)C(C)C(=O)Nc1ccc(S(=O)(=O)[O-])cc1. The number of anilines is 1. The smallest absolute Gasteiger partial charge is 0.309 e. The van der Waals surface area contributed by atoms with Crippen LogP contribution in [0.3, 0.4) is 0 Å². The molecule has 2 atom stereocenters. The van der Waals surface area contributed by atoms with Crippen molar-refractivity contribution in [2.24, 2.45) is 11.8 Å².